The Morgan fingerprint density at radius 3 is 2.58 bits per heavy atom. The average Bonchev–Trinajstić information content (AvgIpc) is 3.38. The molecule has 24 heavy (non-hydrogen) atoms. The number of hydrogen-bond donors (Lipinski definition) is 1. The van der Waals surface area contributed by atoms with Crippen molar-refractivity contribution in [1.82, 2.24) is 9.88 Å². The third kappa shape index (κ3) is 4.03. The first-order valence-corrected chi connectivity index (χ1v) is 7.99. The zero-order chi connectivity index (χ0) is 17.2. The Morgan fingerprint density at radius 2 is 1.96 bits per heavy atom. The van der Waals surface area contributed by atoms with Gasteiger partial charge < -0.3 is 10.2 Å². The van der Waals surface area contributed by atoms with Gasteiger partial charge >= 0.3 is 6.18 Å². The maximum atomic E-state index is 13.1. The van der Waals surface area contributed by atoms with Crippen LogP contribution in [0.15, 0.2) is 48.8 Å². The van der Waals surface area contributed by atoms with E-state index in [1.54, 1.807) is 18.5 Å². The first-order chi connectivity index (χ1) is 11.4. The van der Waals surface area contributed by atoms with Crippen LogP contribution in [0.4, 0.5) is 18.9 Å². The van der Waals surface area contributed by atoms with Crippen molar-refractivity contribution in [3.8, 4) is 0 Å². The van der Waals surface area contributed by atoms with Gasteiger partial charge in [0.05, 0.1) is 11.3 Å². The molecule has 0 amide bonds. The second-order valence-electron chi connectivity index (χ2n) is 5.69. The summed E-state index contributed by atoms with van der Waals surface area (Å²) in [5.41, 5.74) is 0.231. The zero-order valence-corrected chi connectivity index (χ0v) is 13.6. The molecule has 1 saturated carbocycles. The summed E-state index contributed by atoms with van der Waals surface area (Å²) in [4.78, 5) is 6.00. The van der Waals surface area contributed by atoms with Gasteiger partial charge in [0.15, 0.2) is 5.11 Å². The normalized spacial score (nSPS) is 14.3. The van der Waals surface area contributed by atoms with Crippen LogP contribution in [0.5, 0.6) is 0 Å². The molecule has 1 aliphatic rings. The van der Waals surface area contributed by atoms with Crippen LogP contribution < -0.4 is 5.32 Å². The fraction of sp³-hybridized carbons (Fsp3) is 0.294. The number of rotatable bonds is 4. The van der Waals surface area contributed by atoms with E-state index >= 15 is 0 Å². The first-order valence-electron chi connectivity index (χ1n) is 7.58. The van der Waals surface area contributed by atoms with E-state index in [1.165, 1.54) is 12.1 Å². The molecule has 3 nitrogen and oxygen atoms in total. The van der Waals surface area contributed by atoms with E-state index in [0.29, 0.717) is 11.7 Å². The van der Waals surface area contributed by atoms with Crippen LogP contribution in [0, 0.1) is 0 Å². The molecule has 0 bridgehead atoms. The molecule has 1 aromatic heterocycles. The van der Waals surface area contributed by atoms with Crippen molar-refractivity contribution >= 4 is 23.0 Å². The van der Waals surface area contributed by atoms with Crippen LogP contribution in [0.3, 0.4) is 0 Å². The maximum absolute atomic E-state index is 13.1. The minimum atomic E-state index is -4.42. The largest absolute Gasteiger partial charge is 0.418 e. The van der Waals surface area contributed by atoms with Gasteiger partial charge in [0, 0.05) is 25.0 Å². The van der Waals surface area contributed by atoms with Gasteiger partial charge in [-0.25, -0.2) is 0 Å². The second kappa shape index (κ2) is 6.76. The van der Waals surface area contributed by atoms with Crippen molar-refractivity contribution in [2.75, 3.05) is 5.32 Å². The van der Waals surface area contributed by atoms with Crippen molar-refractivity contribution in [1.29, 1.82) is 0 Å². The van der Waals surface area contributed by atoms with E-state index < -0.39 is 11.7 Å². The van der Waals surface area contributed by atoms with Gasteiger partial charge in [-0.05, 0) is 48.8 Å². The second-order valence-corrected chi connectivity index (χ2v) is 6.08. The monoisotopic (exact) mass is 351 g/mol. The van der Waals surface area contributed by atoms with Gasteiger partial charge in [-0.2, -0.15) is 13.2 Å². The number of nitrogens with one attached hydrogen (secondary N) is 1. The van der Waals surface area contributed by atoms with Gasteiger partial charge in [-0.15, -0.1) is 0 Å². The highest BCUT2D eigenvalue weighted by Gasteiger charge is 2.35. The topological polar surface area (TPSA) is 28.2 Å². The van der Waals surface area contributed by atoms with Crippen LogP contribution >= 0.6 is 12.2 Å². The van der Waals surface area contributed by atoms with Crippen LogP contribution in [0.25, 0.3) is 0 Å². The van der Waals surface area contributed by atoms with Gasteiger partial charge in [0.2, 0.25) is 0 Å². The summed E-state index contributed by atoms with van der Waals surface area (Å²) < 4.78 is 39.3. The Kier molecular flexibility index (Phi) is 4.71. The number of pyridine rings is 1. The summed E-state index contributed by atoms with van der Waals surface area (Å²) in [6.45, 7) is 0.526. The third-order valence-electron chi connectivity index (χ3n) is 3.80. The lowest BCUT2D eigenvalue weighted by Gasteiger charge is -2.26. The molecule has 1 fully saturated rings. The Bertz CT molecular complexity index is 715. The number of thiocarbonyl (C=S) groups is 1. The SMILES string of the molecule is FC(F)(F)c1ccccc1NC(=S)N(Cc1cccnc1)C1CC1. The van der Waals surface area contributed by atoms with E-state index in [2.05, 4.69) is 10.3 Å². The highest BCUT2D eigenvalue weighted by molar-refractivity contribution is 7.80. The number of aromatic nitrogens is 1. The number of halogens is 3. The van der Waals surface area contributed by atoms with Crippen LogP contribution in [0.2, 0.25) is 0 Å². The van der Waals surface area contributed by atoms with Gasteiger partial charge in [0.25, 0.3) is 0 Å². The average molecular weight is 351 g/mol. The van der Waals surface area contributed by atoms with Crippen molar-refractivity contribution in [2.24, 2.45) is 0 Å². The standard InChI is InChI=1S/C17H16F3N3S/c18-17(19,20)14-5-1-2-6-15(14)22-16(24)23(13-7-8-13)11-12-4-3-9-21-10-12/h1-6,9-10,13H,7-8,11H2,(H,22,24). The minimum absolute atomic E-state index is 0.0214. The van der Waals surface area contributed by atoms with E-state index in [0.717, 1.165) is 24.5 Å². The molecule has 2 aromatic rings. The lowest BCUT2D eigenvalue weighted by molar-refractivity contribution is -0.136. The number of nitrogens with zero attached hydrogens (tertiary/aromatic N) is 2. The summed E-state index contributed by atoms with van der Waals surface area (Å²) in [6, 6.07) is 9.39. The summed E-state index contributed by atoms with van der Waals surface area (Å²) in [7, 11) is 0. The third-order valence-corrected chi connectivity index (χ3v) is 4.13. The quantitative estimate of drug-likeness (QED) is 0.823. The number of anilines is 1. The molecule has 126 valence electrons. The highest BCUT2D eigenvalue weighted by atomic mass is 32.1. The summed E-state index contributed by atoms with van der Waals surface area (Å²) in [6.07, 6.45) is 0.974. The van der Waals surface area contributed by atoms with Gasteiger partial charge in [-0.3, -0.25) is 4.98 Å². The lowest BCUT2D eigenvalue weighted by Crippen LogP contribution is -2.36. The predicted molar refractivity (Wildman–Crippen MR) is 90.5 cm³/mol. The van der Waals surface area contributed by atoms with E-state index in [9.17, 15) is 13.2 Å². The molecule has 0 saturated heterocycles. The number of hydrogen-bond acceptors (Lipinski definition) is 2. The van der Waals surface area contributed by atoms with Crippen molar-refractivity contribution in [2.45, 2.75) is 31.6 Å². The molecule has 3 rings (SSSR count). The summed E-state index contributed by atoms with van der Waals surface area (Å²) in [5, 5.41) is 3.08. The molecular weight excluding hydrogens is 335 g/mol. The molecular formula is C17H16F3N3S. The number of para-hydroxylation sites is 1. The smallest absolute Gasteiger partial charge is 0.342 e. The van der Waals surface area contributed by atoms with Crippen molar-refractivity contribution in [3.63, 3.8) is 0 Å². The molecule has 1 aliphatic carbocycles. The zero-order valence-electron chi connectivity index (χ0n) is 12.8. The van der Waals surface area contributed by atoms with Crippen molar-refractivity contribution < 1.29 is 13.2 Å². The van der Waals surface area contributed by atoms with Gasteiger partial charge in [0.1, 0.15) is 0 Å². The molecule has 0 spiro atoms. The van der Waals surface area contributed by atoms with Crippen LogP contribution in [0.1, 0.15) is 24.0 Å². The molecule has 1 aromatic carbocycles. The molecule has 1 heterocycles. The predicted octanol–water partition coefficient (Wildman–Crippen LogP) is 4.46. The Labute approximate surface area is 143 Å². The molecule has 0 unspecified atom stereocenters. The minimum Gasteiger partial charge on any atom is -0.342 e. The summed E-state index contributed by atoms with van der Waals surface area (Å²) in [5.74, 6) is 0. The molecule has 1 N–H and O–H groups in total. The number of benzene rings is 1. The Morgan fingerprint density at radius 1 is 1.21 bits per heavy atom. The Hall–Kier alpha value is -2.15. The molecule has 7 heteroatoms. The number of alkyl halides is 3. The van der Waals surface area contributed by atoms with Crippen LogP contribution in [-0.2, 0) is 12.7 Å². The van der Waals surface area contributed by atoms with Crippen LogP contribution in [-0.4, -0.2) is 21.0 Å². The maximum Gasteiger partial charge on any atom is 0.418 e. The van der Waals surface area contributed by atoms with E-state index in [-0.39, 0.29) is 11.7 Å². The first kappa shape index (κ1) is 16.7. The fourth-order valence-electron chi connectivity index (χ4n) is 2.47. The van der Waals surface area contributed by atoms with Gasteiger partial charge in [-0.1, -0.05) is 18.2 Å². The molecule has 0 atom stereocenters. The highest BCUT2D eigenvalue weighted by Crippen LogP contribution is 2.35. The lowest BCUT2D eigenvalue weighted by atomic mass is 10.1. The molecule has 0 aliphatic heterocycles. The Balaban J connectivity index is 1.78. The van der Waals surface area contributed by atoms with Crippen molar-refractivity contribution in [3.05, 3.63) is 59.9 Å². The fourth-order valence-corrected chi connectivity index (χ4v) is 2.79. The molecule has 0 radical (unpaired) electrons. The summed E-state index contributed by atoms with van der Waals surface area (Å²) >= 11 is 5.38. The van der Waals surface area contributed by atoms with E-state index in [4.69, 9.17) is 12.2 Å². The van der Waals surface area contributed by atoms with E-state index in [1.807, 2.05) is 17.0 Å².